The molecule has 1 aromatic carbocycles. The predicted molar refractivity (Wildman–Crippen MR) is 91.5 cm³/mol. The van der Waals surface area contributed by atoms with Gasteiger partial charge in [0.05, 0.1) is 12.8 Å². The summed E-state index contributed by atoms with van der Waals surface area (Å²) in [5.41, 5.74) is 3.07. The van der Waals surface area contributed by atoms with Crippen molar-refractivity contribution >= 4 is 5.97 Å². The fourth-order valence-corrected chi connectivity index (χ4v) is 3.17. The molecule has 0 aliphatic carbocycles. The van der Waals surface area contributed by atoms with Crippen LogP contribution in [0.5, 0.6) is 0 Å². The maximum Gasteiger partial charge on any atom is 0.323 e. The van der Waals surface area contributed by atoms with Crippen LogP contribution < -0.4 is 0 Å². The Bertz CT molecular complexity index is 706. The van der Waals surface area contributed by atoms with Crippen LogP contribution in [0.3, 0.4) is 0 Å². The second-order valence-corrected chi connectivity index (χ2v) is 6.39. The number of rotatable bonds is 4. The second-order valence-electron chi connectivity index (χ2n) is 6.39. The summed E-state index contributed by atoms with van der Waals surface area (Å²) in [6, 6.07) is 7.95. The summed E-state index contributed by atoms with van der Waals surface area (Å²) in [6.45, 7) is 5.48. The maximum absolute atomic E-state index is 12.0. The number of carbonyl (C=O) groups is 1. The molecule has 128 valence electrons. The van der Waals surface area contributed by atoms with Crippen molar-refractivity contribution in [1.29, 1.82) is 0 Å². The zero-order valence-electron chi connectivity index (χ0n) is 14.5. The number of benzene rings is 1. The average molecular weight is 328 g/mol. The molecule has 0 bridgehead atoms. The summed E-state index contributed by atoms with van der Waals surface area (Å²) in [6.07, 6.45) is 2.99. The SMILES string of the molecule is COC(=O)[C@H]1CCCCN1Cc1nc(-c2ccc(C)cc2)oc1C. The molecule has 1 fully saturated rings. The molecule has 5 nitrogen and oxygen atoms in total. The number of ether oxygens (including phenoxy) is 1. The van der Waals surface area contributed by atoms with Gasteiger partial charge >= 0.3 is 5.97 Å². The minimum absolute atomic E-state index is 0.158. The van der Waals surface area contributed by atoms with E-state index in [1.165, 1.54) is 12.7 Å². The average Bonchev–Trinajstić information content (AvgIpc) is 2.96. The number of hydrogen-bond acceptors (Lipinski definition) is 5. The van der Waals surface area contributed by atoms with Gasteiger partial charge in [0.1, 0.15) is 11.8 Å². The quantitative estimate of drug-likeness (QED) is 0.804. The summed E-state index contributed by atoms with van der Waals surface area (Å²) in [7, 11) is 1.45. The summed E-state index contributed by atoms with van der Waals surface area (Å²) < 4.78 is 10.8. The minimum atomic E-state index is -0.178. The highest BCUT2D eigenvalue weighted by atomic mass is 16.5. The molecule has 1 aliphatic heterocycles. The Morgan fingerprint density at radius 2 is 2.04 bits per heavy atom. The van der Waals surface area contributed by atoms with E-state index in [9.17, 15) is 4.79 Å². The van der Waals surface area contributed by atoms with Crippen LogP contribution in [0.25, 0.3) is 11.5 Å². The summed E-state index contributed by atoms with van der Waals surface area (Å²) in [5, 5.41) is 0. The van der Waals surface area contributed by atoms with Crippen molar-refractivity contribution in [2.75, 3.05) is 13.7 Å². The molecule has 0 saturated carbocycles. The molecule has 2 heterocycles. The molecule has 0 radical (unpaired) electrons. The molecule has 1 atom stereocenters. The van der Waals surface area contributed by atoms with Crippen LogP contribution in [-0.2, 0) is 16.1 Å². The fraction of sp³-hybridized carbons (Fsp3) is 0.474. The summed E-state index contributed by atoms with van der Waals surface area (Å²) in [4.78, 5) is 18.8. The van der Waals surface area contributed by atoms with E-state index in [1.54, 1.807) is 0 Å². The fourth-order valence-electron chi connectivity index (χ4n) is 3.17. The number of aromatic nitrogens is 1. The number of hydrogen-bond donors (Lipinski definition) is 0. The summed E-state index contributed by atoms with van der Waals surface area (Å²) >= 11 is 0. The molecule has 1 aliphatic rings. The molecule has 3 rings (SSSR count). The zero-order valence-corrected chi connectivity index (χ0v) is 14.5. The molecule has 1 aromatic heterocycles. The Labute approximate surface area is 142 Å². The van der Waals surface area contributed by atoms with Gasteiger partial charge in [0, 0.05) is 12.1 Å². The molecule has 5 heteroatoms. The van der Waals surface area contributed by atoms with Crippen molar-refractivity contribution in [2.45, 2.75) is 45.7 Å². The van der Waals surface area contributed by atoms with Crippen LogP contribution in [0.2, 0.25) is 0 Å². The van der Waals surface area contributed by atoms with Gasteiger partial charge in [0.25, 0.3) is 0 Å². The van der Waals surface area contributed by atoms with Gasteiger partial charge < -0.3 is 9.15 Å². The van der Waals surface area contributed by atoms with Gasteiger partial charge in [-0.3, -0.25) is 9.69 Å². The lowest BCUT2D eigenvalue weighted by Gasteiger charge is -2.33. The van der Waals surface area contributed by atoms with Gasteiger partial charge in [-0.05, 0) is 45.4 Å². The van der Waals surface area contributed by atoms with Crippen molar-refractivity contribution in [3.63, 3.8) is 0 Å². The molecule has 0 unspecified atom stereocenters. The van der Waals surface area contributed by atoms with Crippen LogP contribution in [0, 0.1) is 13.8 Å². The topological polar surface area (TPSA) is 55.6 Å². The molecule has 24 heavy (non-hydrogen) atoms. The first-order valence-electron chi connectivity index (χ1n) is 8.43. The zero-order chi connectivity index (χ0) is 17.1. The standard InChI is InChI=1S/C19H24N2O3/c1-13-7-9-15(10-8-13)18-20-16(14(2)24-18)12-21-11-5-4-6-17(21)19(22)23-3/h7-10,17H,4-6,11-12H2,1-3H3/t17-/m1/s1. The highest BCUT2D eigenvalue weighted by Gasteiger charge is 2.30. The number of methoxy groups -OCH3 is 1. The number of oxazole rings is 1. The number of nitrogens with zero attached hydrogens (tertiary/aromatic N) is 2. The van der Waals surface area contributed by atoms with E-state index in [1.807, 2.05) is 31.2 Å². The van der Waals surface area contributed by atoms with Crippen molar-refractivity contribution in [3.05, 3.63) is 41.3 Å². The third-order valence-corrected chi connectivity index (χ3v) is 4.63. The lowest BCUT2D eigenvalue weighted by atomic mass is 10.0. The minimum Gasteiger partial charge on any atom is -0.468 e. The van der Waals surface area contributed by atoms with Crippen molar-refractivity contribution < 1.29 is 13.9 Å². The van der Waals surface area contributed by atoms with Crippen molar-refractivity contribution in [2.24, 2.45) is 0 Å². The van der Waals surface area contributed by atoms with E-state index in [0.29, 0.717) is 12.4 Å². The van der Waals surface area contributed by atoms with E-state index in [2.05, 4.69) is 16.8 Å². The van der Waals surface area contributed by atoms with Crippen molar-refractivity contribution in [1.82, 2.24) is 9.88 Å². The second kappa shape index (κ2) is 7.18. The van der Waals surface area contributed by atoms with Gasteiger partial charge in [-0.1, -0.05) is 24.1 Å². The lowest BCUT2D eigenvalue weighted by Crippen LogP contribution is -2.44. The number of carbonyl (C=O) groups excluding carboxylic acids is 1. The molecule has 0 spiro atoms. The molecule has 0 N–H and O–H groups in total. The largest absolute Gasteiger partial charge is 0.468 e. The first-order valence-corrected chi connectivity index (χ1v) is 8.43. The molecular formula is C19H24N2O3. The number of aryl methyl sites for hydroxylation is 2. The van der Waals surface area contributed by atoms with Crippen LogP contribution in [0.1, 0.15) is 36.3 Å². The number of likely N-dealkylation sites (tertiary alicyclic amines) is 1. The third-order valence-electron chi connectivity index (χ3n) is 4.63. The first kappa shape index (κ1) is 16.7. The summed E-state index contributed by atoms with van der Waals surface area (Å²) in [5.74, 6) is 1.28. The van der Waals surface area contributed by atoms with Crippen LogP contribution in [0.4, 0.5) is 0 Å². The lowest BCUT2D eigenvalue weighted by molar-refractivity contribution is -0.148. The Hall–Kier alpha value is -2.14. The molecular weight excluding hydrogens is 304 g/mol. The van der Waals surface area contributed by atoms with Gasteiger partial charge in [-0.15, -0.1) is 0 Å². The van der Waals surface area contributed by atoms with Gasteiger partial charge in [-0.25, -0.2) is 4.98 Å². The number of esters is 1. The van der Waals surface area contributed by atoms with E-state index in [4.69, 9.17) is 9.15 Å². The first-order chi connectivity index (χ1) is 11.6. The monoisotopic (exact) mass is 328 g/mol. The van der Waals surface area contributed by atoms with Crippen molar-refractivity contribution in [3.8, 4) is 11.5 Å². The number of piperidine rings is 1. The van der Waals surface area contributed by atoms with E-state index >= 15 is 0 Å². The van der Waals surface area contributed by atoms with E-state index < -0.39 is 0 Å². The smallest absolute Gasteiger partial charge is 0.323 e. The van der Waals surface area contributed by atoms with Crippen LogP contribution in [-0.4, -0.2) is 35.5 Å². The van der Waals surface area contributed by atoms with E-state index in [0.717, 1.165) is 42.8 Å². The third kappa shape index (κ3) is 3.51. The predicted octanol–water partition coefficient (Wildman–Crippen LogP) is 3.49. The Kier molecular flexibility index (Phi) is 5.00. The molecule has 1 saturated heterocycles. The molecule has 2 aromatic rings. The molecule has 0 amide bonds. The Morgan fingerprint density at radius 1 is 1.29 bits per heavy atom. The highest BCUT2D eigenvalue weighted by Crippen LogP contribution is 2.25. The van der Waals surface area contributed by atoms with E-state index in [-0.39, 0.29) is 12.0 Å². The van der Waals surface area contributed by atoms with Crippen LogP contribution in [0.15, 0.2) is 28.7 Å². The van der Waals surface area contributed by atoms with Crippen LogP contribution >= 0.6 is 0 Å². The normalized spacial score (nSPS) is 18.5. The van der Waals surface area contributed by atoms with Gasteiger partial charge in [-0.2, -0.15) is 0 Å². The van der Waals surface area contributed by atoms with Gasteiger partial charge in [0.15, 0.2) is 0 Å². The van der Waals surface area contributed by atoms with Gasteiger partial charge in [0.2, 0.25) is 5.89 Å². The maximum atomic E-state index is 12.0. The highest BCUT2D eigenvalue weighted by molar-refractivity contribution is 5.75. The Morgan fingerprint density at radius 3 is 2.75 bits per heavy atom. The Balaban J connectivity index is 1.79.